The van der Waals surface area contributed by atoms with Gasteiger partial charge in [-0.05, 0) is 56.9 Å². The van der Waals surface area contributed by atoms with E-state index in [1.54, 1.807) is 16.8 Å². The first kappa shape index (κ1) is 21.8. The predicted octanol–water partition coefficient (Wildman–Crippen LogP) is -0.0476. The fourth-order valence-electron chi connectivity index (χ4n) is 4.71. The number of aromatic hydroxyl groups is 1. The first-order valence-corrected chi connectivity index (χ1v) is 12.3. The van der Waals surface area contributed by atoms with Gasteiger partial charge in [0.15, 0.2) is 5.65 Å². The zero-order valence-corrected chi connectivity index (χ0v) is 19.5. The lowest BCUT2D eigenvalue weighted by Crippen LogP contribution is -2.41. The van der Waals surface area contributed by atoms with Crippen LogP contribution in [0.3, 0.4) is 0 Å². The standard InChI is InChI=1S/C23H29N9O3/c1-11-8-16(11)19(33)25-13-2-4-14(5-3-13)26-21-29-18-12(9-17-20(34)30-23(35)28-17)10-24-32(18)22(31-21)27-15-6-7-15/h9-11,13-16,34H,2-8H2,1H3,(H,25,33)(H,26,27,31)(H2,28,30,35)/b12-9-. The third kappa shape index (κ3) is 4.64. The van der Waals surface area contributed by atoms with Gasteiger partial charge in [0.2, 0.25) is 17.7 Å². The first-order valence-electron chi connectivity index (χ1n) is 12.3. The normalized spacial score (nSPS) is 27.3. The Kier molecular flexibility index (Phi) is 5.30. The van der Waals surface area contributed by atoms with Crippen LogP contribution >= 0.6 is 0 Å². The molecule has 0 aliphatic heterocycles. The number of amides is 1. The molecule has 3 aromatic rings. The van der Waals surface area contributed by atoms with Crippen molar-refractivity contribution in [3.8, 4) is 5.88 Å². The van der Waals surface area contributed by atoms with E-state index in [1.807, 2.05) is 0 Å². The van der Waals surface area contributed by atoms with Gasteiger partial charge in [-0.15, -0.1) is 0 Å². The van der Waals surface area contributed by atoms with Crippen LogP contribution in [0.1, 0.15) is 57.6 Å². The van der Waals surface area contributed by atoms with Crippen molar-refractivity contribution >= 4 is 23.6 Å². The summed E-state index contributed by atoms with van der Waals surface area (Å²) < 4.78 is 1.59. The van der Waals surface area contributed by atoms with E-state index >= 15 is 0 Å². The molecule has 2 unspecified atom stereocenters. The number of nitrogens with one attached hydrogen (secondary N) is 4. The zero-order valence-electron chi connectivity index (χ0n) is 19.5. The van der Waals surface area contributed by atoms with Crippen LogP contribution in [-0.4, -0.2) is 58.7 Å². The molecule has 0 radical (unpaired) electrons. The monoisotopic (exact) mass is 479 g/mol. The van der Waals surface area contributed by atoms with Gasteiger partial charge in [0, 0.05) is 23.2 Å². The summed E-state index contributed by atoms with van der Waals surface area (Å²) >= 11 is 0. The average molecular weight is 480 g/mol. The van der Waals surface area contributed by atoms with E-state index in [0.29, 0.717) is 28.4 Å². The second kappa shape index (κ2) is 8.51. The minimum Gasteiger partial charge on any atom is -0.493 e. The Morgan fingerprint density at radius 2 is 1.91 bits per heavy atom. The molecule has 5 N–H and O–H groups in total. The van der Waals surface area contributed by atoms with E-state index in [9.17, 15) is 14.7 Å². The van der Waals surface area contributed by atoms with Gasteiger partial charge in [-0.1, -0.05) is 6.92 Å². The highest BCUT2D eigenvalue weighted by Gasteiger charge is 2.40. The predicted molar refractivity (Wildman–Crippen MR) is 126 cm³/mol. The minimum atomic E-state index is -0.495. The van der Waals surface area contributed by atoms with Crippen LogP contribution in [0.25, 0.3) is 11.7 Å². The van der Waals surface area contributed by atoms with Crippen molar-refractivity contribution in [2.75, 3.05) is 5.32 Å². The summed E-state index contributed by atoms with van der Waals surface area (Å²) in [6.45, 7) is 2.12. The lowest BCUT2D eigenvalue weighted by atomic mass is 9.91. The van der Waals surface area contributed by atoms with Crippen molar-refractivity contribution in [1.29, 1.82) is 0 Å². The van der Waals surface area contributed by atoms with E-state index in [-0.39, 0.29) is 41.5 Å². The van der Waals surface area contributed by atoms with Crippen molar-refractivity contribution in [2.24, 2.45) is 16.8 Å². The molecule has 3 aromatic heterocycles. The van der Waals surface area contributed by atoms with Gasteiger partial charge in [0.1, 0.15) is 5.69 Å². The van der Waals surface area contributed by atoms with Gasteiger partial charge in [-0.3, -0.25) is 9.78 Å². The number of rotatable bonds is 6. The maximum Gasteiger partial charge on any atom is 0.326 e. The van der Waals surface area contributed by atoms with Gasteiger partial charge in [-0.2, -0.15) is 19.6 Å². The van der Waals surface area contributed by atoms with Crippen LogP contribution in [0.2, 0.25) is 0 Å². The van der Waals surface area contributed by atoms with Crippen LogP contribution in [0, 0.1) is 11.8 Å². The fraction of sp³-hybridized carbons (Fsp3) is 0.565. The quantitative estimate of drug-likeness (QED) is 0.331. The van der Waals surface area contributed by atoms with Gasteiger partial charge in [0.25, 0.3) is 5.62 Å². The van der Waals surface area contributed by atoms with Crippen LogP contribution < -0.4 is 27.2 Å². The van der Waals surface area contributed by atoms with E-state index in [1.165, 1.54) is 0 Å². The molecule has 3 aliphatic carbocycles. The molecule has 0 saturated heterocycles. The molecule has 184 valence electrons. The Bertz CT molecular complexity index is 1440. The van der Waals surface area contributed by atoms with E-state index in [4.69, 9.17) is 9.98 Å². The van der Waals surface area contributed by atoms with Crippen molar-refractivity contribution < 1.29 is 9.90 Å². The highest BCUT2D eigenvalue weighted by atomic mass is 16.3. The molecule has 35 heavy (non-hydrogen) atoms. The lowest BCUT2D eigenvalue weighted by Gasteiger charge is -2.29. The number of hydrogen-bond acceptors (Lipinski definition) is 8. The van der Waals surface area contributed by atoms with Crippen LogP contribution in [-0.2, 0) is 4.79 Å². The molecule has 6 rings (SSSR count). The minimum absolute atomic E-state index is 0.194. The van der Waals surface area contributed by atoms with E-state index in [2.05, 4.69) is 37.6 Å². The van der Waals surface area contributed by atoms with Crippen molar-refractivity contribution in [2.45, 2.75) is 70.0 Å². The van der Waals surface area contributed by atoms with Crippen LogP contribution in [0.15, 0.2) is 16.0 Å². The molecular formula is C23H29N9O3. The maximum atomic E-state index is 12.3. The summed E-state index contributed by atoms with van der Waals surface area (Å²) in [5.74, 6) is 1.14. The Labute approximate surface area is 200 Å². The molecule has 3 saturated carbocycles. The Morgan fingerprint density at radius 1 is 1.17 bits per heavy atom. The summed E-state index contributed by atoms with van der Waals surface area (Å²) in [6, 6.07) is 0.667. The number of aromatic nitrogens is 6. The lowest BCUT2D eigenvalue weighted by molar-refractivity contribution is -0.123. The molecule has 3 fully saturated rings. The number of carbonyl (C=O) groups is 1. The molecule has 12 heteroatoms. The number of H-pyrrole nitrogens is 2. The van der Waals surface area contributed by atoms with Crippen molar-refractivity contribution in [1.82, 2.24) is 34.9 Å². The number of fused-ring (bicyclic) bond motifs is 1. The average Bonchev–Trinajstić information content (AvgIpc) is 3.72. The SMILES string of the molecule is CC1CC1C(=O)NC1CCC(Nc2nc(=NC3CC3)n3nc/c(=C/c4[nH]c(=O)[nH]c4O)c3n2)CC1. The molecule has 12 nitrogen and oxygen atoms in total. The highest BCUT2D eigenvalue weighted by Crippen LogP contribution is 2.38. The number of carbonyl (C=O) groups excluding carboxylic acids is 1. The summed E-state index contributed by atoms with van der Waals surface area (Å²) in [5, 5.41) is 21.6. The summed E-state index contributed by atoms with van der Waals surface area (Å²) in [7, 11) is 0. The Balaban J connectivity index is 1.24. The smallest absolute Gasteiger partial charge is 0.326 e. The van der Waals surface area contributed by atoms with Crippen molar-refractivity contribution in [3.05, 3.63) is 33.2 Å². The second-order valence-corrected chi connectivity index (χ2v) is 10.0. The first-order chi connectivity index (χ1) is 16.9. The molecule has 0 aromatic carbocycles. The third-order valence-corrected chi connectivity index (χ3v) is 7.11. The van der Waals surface area contributed by atoms with Crippen LogP contribution in [0.4, 0.5) is 5.95 Å². The molecule has 3 aliphatic rings. The molecule has 0 spiro atoms. The topological polar surface area (TPSA) is 165 Å². The Morgan fingerprint density at radius 3 is 2.57 bits per heavy atom. The van der Waals surface area contributed by atoms with Gasteiger partial charge in [-0.25, -0.2) is 9.79 Å². The molecule has 2 atom stereocenters. The summed E-state index contributed by atoms with van der Waals surface area (Å²) in [6.07, 6.45) is 9.93. The maximum absolute atomic E-state index is 12.3. The second-order valence-electron chi connectivity index (χ2n) is 10.0. The number of anilines is 1. The van der Waals surface area contributed by atoms with Gasteiger partial charge < -0.3 is 20.7 Å². The molecule has 3 heterocycles. The summed E-state index contributed by atoms with van der Waals surface area (Å²) in [4.78, 5) is 42.7. The van der Waals surface area contributed by atoms with Crippen molar-refractivity contribution in [3.63, 3.8) is 0 Å². The van der Waals surface area contributed by atoms with Crippen LogP contribution in [0.5, 0.6) is 5.88 Å². The molecule has 1 amide bonds. The number of aromatic amines is 2. The van der Waals surface area contributed by atoms with Gasteiger partial charge in [0.05, 0.1) is 12.2 Å². The largest absolute Gasteiger partial charge is 0.493 e. The number of imidazole rings is 1. The third-order valence-electron chi connectivity index (χ3n) is 7.11. The highest BCUT2D eigenvalue weighted by molar-refractivity contribution is 5.81. The zero-order chi connectivity index (χ0) is 24.1. The number of hydrogen-bond donors (Lipinski definition) is 5. The summed E-state index contributed by atoms with van der Waals surface area (Å²) in [5.41, 5.74) is 0.763. The molecule has 0 bridgehead atoms. The molecular weight excluding hydrogens is 450 g/mol. The van der Waals surface area contributed by atoms with Gasteiger partial charge >= 0.3 is 5.69 Å². The van der Waals surface area contributed by atoms with E-state index in [0.717, 1.165) is 44.9 Å². The fourth-order valence-corrected chi connectivity index (χ4v) is 4.71. The number of nitrogens with zero attached hydrogens (tertiary/aromatic N) is 5. The Hall–Kier alpha value is -3.70. The van der Waals surface area contributed by atoms with E-state index < -0.39 is 5.69 Å².